The van der Waals surface area contributed by atoms with Crippen molar-refractivity contribution in [3.05, 3.63) is 57.6 Å². The van der Waals surface area contributed by atoms with Crippen LogP contribution in [0.5, 0.6) is 11.5 Å². The molecule has 23 heavy (non-hydrogen) atoms. The van der Waals surface area contributed by atoms with Crippen molar-refractivity contribution in [1.29, 1.82) is 0 Å². The summed E-state index contributed by atoms with van der Waals surface area (Å²) in [5.74, 6) is -1.22. The summed E-state index contributed by atoms with van der Waals surface area (Å²) in [4.78, 5) is 11.8. The Morgan fingerprint density at radius 1 is 1.09 bits per heavy atom. The van der Waals surface area contributed by atoms with Crippen LogP contribution >= 0.6 is 23.2 Å². The fraction of sp³-hybridized carbons (Fsp3) is 0.125. The van der Waals surface area contributed by atoms with Gasteiger partial charge in [0.05, 0.1) is 11.2 Å². The van der Waals surface area contributed by atoms with Crippen LogP contribution in [0.3, 0.4) is 0 Å². The number of hydrogen-bond donors (Lipinski definition) is 3. The highest BCUT2D eigenvalue weighted by atomic mass is 35.5. The largest absolute Gasteiger partial charge is 0.504 e. The molecule has 0 unspecified atom stereocenters. The number of benzene rings is 2. The molecule has 3 N–H and O–H groups in total. The lowest BCUT2D eigenvalue weighted by Gasteiger charge is -2.02. The predicted molar refractivity (Wildman–Crippen MR) is 92.6 cm³/mol. The van der Waals surface area contributed by atoms with Crippen LogP contribution in [0, 0.1) is 0 Å². The van der Waals surface area contributed by atoms with Crippen molar-refractivity contribution in [3.8, 4) is 11.5 Å². The van der Waals surface area contributed by atoms with E-state index in [4.69, 9.17) is 28.3 Å². The van der Waals surface area contributed by atoms with Gasteiger partial charge in [-0.2, -0.15) is 5.10 Å². The lowest BCUT2D eigenvalue weighted by molar-refractivity contribution is 0.0954. The van der Waals surface area contributed by atoms with E-state index < -0.39 is 5.91 Å². The molecule has 0 bridgehead atoms. The van der Waals surface area contributed by atoms with E-state index in [1.807, 2.05) is 13.8 Å². The van der Waals surface area contributed by atoms with Gasteiger partial charge in [-0.15, -0.1) is 0 Å². The van der Waals surface area contributed by atoms with Crippen molar-refractivity contribution in [1.82, 2.24) is 5.43 Å². The smallest absolute Gasteiger partial charge is 0.271 e. The summed E-state index contributed by atoms with van der Waals surface area (Å²) in [6.07, 6.45) is 1.37. The van der Waals surface area contributed by atoms with Crippen molar-refractivity contribution >= 4 is 35.3 Å². The Bertz CT molecular complexity index is 718. The summed E-state index contributed by atoms with van der Waals surface area (Å²) in [6.45, 7) is 4.00. The number of aromatic hydroxyl groups is 2. The minimum absolute atomic E-state index is 0.157. The second-order valence-corrected chi connectivity index (χ2v) is 4.91. The van der Waals surface area contributed by atoms with Gasteiger partial charge in [-0.05, 0) is 30.3 Å². The van der Waals surface area contributed by atoms with E-state index in [0.29, 0.717) is 15.6 Å². The van der Waals surface area contributed by atoms with Crippen molar-refractivity contribution in [2.24, 2.45) is 5.10 Å². The lowest BCUT2D eigenvalue weighted by atomic mass is 10.2. The molecule has 0 spiro atoms. The van der Waals surface area contributed by atoms with E-state index in [1.165, 1.54) is 18.3 Å². The van der Waals surface area contributed by atoms with Crippen LogP contribution in [0.4, 0.5) is 0 Å². The van der Waals surface area contributed by atoms with Crippen LogP contribution < -0.4 is 5.43 Å². The number of hydrazone groups is 1. The molecule has 2 aromatic rings. The standard InChI is InChI=1S/C14H10Cl2N2O3.C2H6/c15-10-3-1-9(11(16)6-10)7-17-18-14(21)8-2-4-12(19)13(20)5-8;1-2/h1-7,19-20H,(H,18,21);1-2H3/b17-7+;. The van der Waals surface area contributed by atoms with Gasteiger partial charge in [0.1, 0.15) is 0 Å². The zero-order chi connectivity index (χ0) is 17.4. The van der Waals surface area contributed by atoms with Gasteiger partial charge in [-0.3, -0.25) is 4.79 Å². The molecule has 0 heterocycles. The number of carbonyl (C=O) groups is 1. The summed E-state index contributed by atoms with van der Waals surface area (Å²) in [6, 6.07) is 8.57. The molecule has 0 radical (unpaired) electrons. The molecule has 0 aliphatic rings. The summed E-state index contributed by atoms with van der Waals surface area (Å²) < 4.78 is 0. The number of phenols is 2. The molecule has 7 heteroatoms. The normalized spacial score (nSPS) is 10.1. The summed E-state index contributed by atoms with van der Waals surface area (Å²) in [7, 11) is 0. The Balaban J connectivity index is 0.00000127. The van der Waals surface area contributed by atoms with Crippen molar-refractivity contribution in [2.45, 2.75) is 13.8 Å². The van der Waals surface area contributed by atoms with E-state index in [9.17, 15) is 9.90 Å². The van der Waals surface area contributed by atoms with Gasteiger partial charge in [-0.1, -0.05) is 43.1 Å². The van der Waals surface area contributed by atoms with Gasteiger partial charge in [0.25, 0.3) is 5.91 Å². The number of nitrogens with zero attached hydrogens (tertiary/aromatic N) is 1. The fourth-order valence-corrected chi connectivity index (χ4v) is 1.95. The van der Waals surface area contributed by atoms with Crippen LogP contribution in [0.25, 0.3) is 0 Å². The summed E-state index contributed by atoms with van der Waals surface area (Å²) in [5.41, 5.74) is 3.03. The molecular weight excluding hydrogens is 339 g/mol. The number of carbonyl (C=O) groups excluding carboxylic acids is 1. The van der Waals surface area contributed by atoms with Gasteiger partial charge in [0.15, 0.2) is 11.5 Å². The third kappa shape index (κ3) is 5.47. The molecule has 0 fully saturated rings. The maximum atomic E-state index is 11.8. The number of hydrogen-bond acceptors (Lipinski definition) is 4. The van der Waals surface area contributed by atoms with Gasteiger partial charge >= 0.3 is 0 Å². The topological polar surface area (TPSA) is 81.9 Å². The molecule has 122 valence electrons. The molecule has 0 aliphatic carbocycles. The molecule has 2 aromatic carbocycles. The molecule has 2 rings (SSSR count). The van der Waals surface area contributed by atoms with Crippen molar-refractivity contribution < 1.29 is 15.0 Å². The average Bonchev–Trinajstić information content (AvgIpc) is 2.54. The molecule has 0 saturated carbocycles. The van der Waals surface area contributed by atoms with Gasteiger partial charge < -0.3 is 10.2 Å². The quantitative estimate of drug-likeness (QED) is 0.439. The first-order valence-corrected chi connectivity index (χ1v) is 7.53. The molecular formula is C16H16Cl2N2O3. The number of halogens is 2. The van der Waals surface area contributed by atoms with Crippen LogP contribution in [0.1, 0.15) is 29.8 Å². The first-order chi connectivity index (χ1) is 11.0. The number of rotatable bonds is 3. The van der Waals surface area contributed by atoms with Crippen LogP contribution in [0.15, 0.2) is 41.5 Å². The number of nitrogens with one attached hydrogen (secondary N) is 1. The lowest BCUT2D eigenvalue weighted by Crippen LogP contribution is -2.17. The minimum Gasteiger partial charge on any atom is -0.504 e. The molecule has 0 aromatic heterocycles. The van der Waals surface area contributed by atoms with E-state index in [1.54, 1.807) is 18.2 Å². The number of phenolic OH excluding ortho intramolecular Hbond substituents is 2. The second kappa shape index (κ2) is 9.02. The van der Waals surface area contributed by atoms with E-state index >= 15 is 0 Å². The van der Waals surface area contributed by atoms with Crippen LogP contribution in [-0.2, 0) is 0 Å². The first-order valence-electron chi connectivity index (χ1n) is 6.78. The monoisotopic (exact) mass is 354 g/mol. The Morgan fingerprint density at radius 2 is 1.78 bits per heavy atom. The SMILES string of the molecule is CC.O=C(N/N=C/c1ccc(Cl)cc1Cl)c1ccc(O)c(O)c1. The highest BCUT2D eigenvalue weighted by Gasteiger charge is 2.07. The van der Waals surface area contributed by atoms with Crippen molar-refractivity contribution in [2.75, 3.05) is 0 Å². The number of amides is 1. The Kier molecular flexibility index (Phi) is 7.38. The Hall–Kier alpha value is -2.24. The fourth-order valence-electron chi connectivity index (χ4n) is 1.50. The molecule has 5 nitrogen and oxygen atoms in total. The van der Waals surface area contributed by atoms with E-state index in [0.717, 1.165) is 6.07 Å². The molecule has 0 aliphatic heterocycles. The zero-order valence-electron chi connectivity index (χ0n) is 12.5. The van der Waals surface area contributed by atoms with Crippen LogP contribution in [0.2, 0.25) is 10.0 Å². The summed E-state index contributed by atoms with van der Waals surface area (Å²) in [5, 5.41) is 23.2. The second-order valence-electron chi connectivity index (χ2n) is 4.07. The van der Waals surface area contributed by atoms with Gasteiger partial charge in [0.2, 0.25) is 0 Å². The maximum absolute atomic E-state index is 11.8. The predicted octanol–water partition coefficient (Wildman–Crippen LogP) is 4.19. The summed E-state index contributed by atoms with van der Waals surface area (Å²) >= 11 is 11.7. The Labute approximate surface area is 144 Å². The van der Waals surface area contributed by atoms with Gasteiger partial charge in [0, 0.05) is 16.1 Å². The third-order valence-electron chi connectivity index (χ3n) is 2.57. The molecule has 1 amide bonds. The van der Waals surface area contributed by atoms with Crippen LogP contribution in [-0.4, -0.2) is 22.3 Å². The first kappa shape index (κ1) is 18.8. The van der Waals surface area contributed by atoms with Gasteiger partial charge in [-0.25, -0.2) is 5.43 Å². The minimum atomic E-state index is -0.536. The third-order valence-corrected chi connectivity index (χ3v) is 3.13. The van der Waals surface area contributed by atoms with E-state index in [2.05, 4.69) is 10.5 Å². The van der Waals surface area contributed by atoms with E-state index in [-0.39, 0.29) is 17.1 Å². The maximum Gasteiger partial charge on any atom is 0.271 e. The molecule has 0 atom stereocenters. The van der Waals surface area contributed by atoms with Crippen molar-refractivity contribution in [3.63, 3.8) is 0 Å². The average molecular weight is 355 g/mol. The highest BCUT2D eigenvalue weighted by molar-refractivity contribution is 6.36. The Morgan fingerprint density at radius 3 is 2.39 bits per heavy atom. The molecule has 0 saturated heterocycles. The zero-order valence-corrected chi connectivity index (χ0v) is 14.1. The highest BCUT2D eigenvalue weighted by Crippen LogP contribution is 2.24.